The van der Waals surface area contributed by atoms with Gasteiger partial charge in [-0.05, 0) is 148 Å². The number of anilines is 7. The van der Waals surface area contributed by atoms with Gasteiger partial charge in [-0.2, -0.15) is 15.0 Å². The summed E-state index contributed by atoms with van der Waals surface area (Å²) in [6.07, 6.45) is 0.790. The molecule has 712 valence electrons. The minimum atomic E-state index is -1.52. The van der Waals surface area contributed by atoms with Crippen LogP contribution in [0.25, 0.3) is 0 Å². The smallest absolute Gasteiger partial charge is 0.320 e. The lowest BCUT2D eigenvalue weighted by atomic mass is 10.0. The summed E-state index contributed by atoms with van der Waals surface area (Å²) in [7, 11) is 0. The highest BCUT2D eigenvalue weighted by Gasteiger charge is 2.38. The van der Waals surface area contributed by atoms with Crippen LogP contribution in [0.15, 0.2) is 58.1 Å². The number of benzene rings is 2. The highest BCUT2D eigenvalue weighted by molar-refractivity contribution is 5.82. The Bertz CT molecular complexity index is 4390. The van der Waals surface area contributed by atoms with Gasteiger partial charge in [0, 0.05) is 186 Å². The zero-order valence-electron chi connectivity index (χ0n) is 74.9. The van der Waals surface area contributed by atoms with Crippen molar-refractivity contribution in [2.75, 3.05) is 177 Å². The topological polar surface area (TPSA) is 564 Å². The number of rotatable bonds is 58. The molecule has 0 radical (unpaired) electrons. The molecule has 0 spiro atoms. The van der Waals surface area contributed by atoms with E-state index in [9.17, 15) is 112 Å². The van der Waals surface area contributed by atoms with Crippen LogP contribution >= 0.6 is 0 Å². The van der Waals surface area contributed by atoms with Crippen molar-refractivity contribution in [1.82, 2.24) is 54.2 Å². The Kier molecular flexibility index (Phi) is 46.3. The molecule has 2 fully saturated rings. The molecule has 0 bridgehead atoms. The first kappa shape index (κ1) is 107. The molecule has 0 saturated carbocycles. The number of carboxylic acid groups (broad SMARTS) is 7. The zero-order chi connectivity index (χ0) is 94.8. The van der Waals surface area contributed by atoms with Crippen molar-refractivity contribution in [1.29, 1.82) is 0 Å². The average Bonchev–Trinajstić information content (AvgIpc) is 0.782. The molecular formula is C88H128N16O25-2. The molecule has 3 aromatic carbocycles. The number of aryl methyl sites for hydroxylation is 2. The number of aldehydes is 1. The van der Waals surface area contributed by atoms with E-state index in [0.29, 0.717) is 35.3 Å². The second kappa shape index (κ2) is 55.9. The van der Waals surface area contributed by atoms with Crippen molar-refractivity contribution < 1.29 is 112 Å². The molecule has 41 heteroatoms. The van der Waals surface area contributed by atoms with E-state index < -0.39 is 101 Å². The number of carbonyl (C=O) groups excluding carboxylic acids is 9. The molecule has 0 aliphatic carbocycles. The Morgan fingerprint density at radius 2 is 0.612 bits per heavy atom. The first-order valence-electron chi connectivity index (χ1n) is 44.1. The lowest BCUT2D eigenvalue weighted by molar-refractivity contribution is -0.313. The van der Waals surface area contributed by atoms with Gasteiger partial charge in [0.05, 0.1) is 44.4 Å². The SMILES string of the molecule is CCCNc1c(NCCOCCOCCNc2nc(Nc3ccc(CCC(C(=O)O)N4CCN(C(C=O)CCC(C)=O)CCN(C(CCC(C)=O)C(=O)[O-])CCN(C(CCC(C)=O)C(=O)O)CC4)cc3)nc(Nc3ccc(CCC(C(=O)O)N4CCN(C(CCC(C)=O)C(=O)[O-])CCN(C(CCC(C)=O)C(=O)O)CCN(C(CCC(C)=O)C(=O)O)CC4)cc3)n2)c(=O)c1=O. The summed E-state index contributed by atoms with van der Waals surface area (Å²) in [5, 5.41) is 95.3. The lowest BCUT2D eigenvalue weighted by Crippen LogP contribution is -2.57. The molecule has 2 saturated heterocycles. The molecule has 4 aromatic rings. The molecule has 10 N–H and O–H groups in total. The highest BCUT2D eigenvalue weighted by atomic mass is 16.5. The van der Waals surface area contributed by atoms with Crippen LogP contribution in [-0.2, 0) is 89.4 Å². The summed E-state index contributed by atoms with van der Waals surface area (Å²) in [6, 6.07) is 4.18. The van der Waals surface area contributed by atoms with Crippen LogP contribution in [0.2, 0.25) is 0 Å². The van der Waals surface area contributed by atoms with E-state index in [0.717, 1.165) is 6.42 Å². The van der Waals surface area contributed by atoms with E-state index in [-0.39, 0.29) is 311 Å². The quantitative estimate of drug-likeness (QED) is 0.0167. The molecule has 41 nitrogen and oxygen atoms in total. The van der Waals surface area contributed by atoms with Gasteiger partial charge in [-0.15, -0.1) is 0 Å². The number of carbonyl (C=O) groups is 14. The molecule has 2 aliphatic heterocycles. The standard InChI is InChI=1S/C88H130N16O25/c1-8-33-89-75-76(78(113)77(75)112)90-34-52-128-54-55-129-53-35-91-86-94-87(92-65-21-15-63(16-22-65)19-31-73(84(124)125)99-39-37-97(67(56-105)25-9-57(2)106)36-38-98(68(79(114)115)26-10-58(3)107)40-42-100(43-41-99)69(80(116)117)27-11-59(4)108)96-88(95-86)93-66-23-17-64(18-24-66)20-32-74(85(126)127)104-50-48-102(71(82(120)121)29-13-61(6)110)46-44-101(70(81(118)119)28-12-60(5)109)45-47-103(49-51-104)72(83(122)123)30-14-62(7)111/h15-18,21-24,56,67-74,89-90H,8-14,19-20,25-55H2,1-7H3,(H,114,115)(H,116,117)(H,118,119)(H,120,121)(H,122,123)(H,124,125)(H,126,127)(H3,91,92,93,94,95,96)/p-2. The number of aromatic nitrogens is 3. The number of aliphatic carboxylic acids is 7. The van der Waals surface area contributed by atoms with Crippen molar-refractivity contribution in [2.45, 2.75) is 206 Å². The summed E-state index contributed by atoms with van der Waals surface area (Å²) >= 11 is 0. The van der Waals surface area contributed by atoms with Gasteiger partial charge in [0.1, 0.15) is 82.6 Å². The van der Waals surface area contributed by atoms with E-state index in [1.807, 2.05) is 6.92 Å². The minimum absolute atomic E-state index is 0.00915. The van der Waals surface area contributed by atoms with Crippen LogP contribution in [0.3, 0.4) is 0 Å². The Labute approximate surface area is 750 Å². The number of carboxylic acids is 7. The summed E-state index contributed by atoms with van der Waals surface area (Å²) in [4.78, 5) is 230. The maximum atomic E-state index is 13.6. The Balaban J connectivity index is 1.26. The lowest BCUT2D eigenvalue weighted by Gasteiger charge is -2.40. The van der Waals surface area contributed by atoms with Crippen LogP contribution < -0.4 is 47.7 Å². The number of nitrogens with zero attached hydrogens (tertiary/aromatic N) is 11. The van der Waals surface area contributed by atoms with Gasteiger partial charge in [-0.25, -0.2) is 0 Å². The fourth-order valence-electron chi connectivity index (χ4n) is 15.8. The van der Waals surface area contributed by atoms with Gasteiger partial charge in [0.25, 0.3) is 10.9 Å². The number of ether oxygens (including phenoxy) is 2. The highest BCUT2D eigenvalue weighted by Crippen LogP contribution is 2.26. The zero-order valence-corrected chi connectivity index (χ0v) is 74.9. The normalized spacial score (nSPS) is 17.0. The summed E-state index contributed by atoms with van der Waals surface area (Å²) in [5.41, 5.74) is 1.64. The minimum Gasteiger partial charge on any atom is -0.548 e. The van der Waals surface area contributed by atoms with Crippen molar-refractivity contribution in [3.05, 3.63) is 80.1 Å². The maximum Gasteiger partial charge on any atom is 0.320 e. The molecule has 0 amide bonds. The summed E-state index contributed by atoms with van der Waals surface area (Å²) < 4.78 is 11.5. The fraction of sp³-hybridized carbons (Fsp3) is 0.625. The number of hydrogen-bond donors (Lipinski definition) is 10. The van der Waals surface area contributed by atoms with Gasteiger partial charge in [-0.1, -0.05) is 31.2 Å². The number of nitrogens with one attached hydrogen (secondary N) is 5. The first-order chi connectivity index (χ1) is 61.5. The third-order valence-corrected chi connectivity index (χ3v) is 23.1. The molecule has 129 heavy (non-hydrogen) atoms. The molecular weight excluding hydrogens is 1680 g/mol. The Morgan fingerprint density at radius 3 is 0.891 bits per heavy atom. The molecule has 8 atom stereocenters. The van der Waals surface area contributed by atoms with Crippen LogP contribution in [-0.4, -0.2) is 362 Å². The van der Waals surface area contributed by atoms with Crippen molar-refractivity contribution in [3.8, 4) is 0 Å². The summed E-state index contributed by atoms with van der Waals surface area (Å²) in [6.45, 7) is 10.7. The third kappa shape index (κ3) is 37.2. The predicted molar refractivity (Wildman–Crippen MR) is 471 cm³/mol. The van der Waals surface area contributed by atoms with Gasteiger partial charge in [0.2, 0.25) is 17.8 Å². The van der Waals surface area contributed by atoms with Crippen LogP contribution in [0.1, 0.15) is 156 Å². The molecule has 8 unspecified atom stereocenters. The van der Waals surface area contributed by atoms with Crippen molar-refractivity contribution in [2.24, 2.45) is 0 Å². The van der Waals surface area contributed by atoms with Crippen LogP contribution in [0.4, 0.5) is 40.6 Å². The van der Waals surface area contributed by atoms with Crippen molar-refractivity contribution in [3.63, 3.8) is 0 Å². The van der Waals surface area contributed by atoms with E-state index in [1.54, 1.807) is 82.8 Å². The molecule has 2 aliphatic rings. The second-order valence-electron chi connectivity index (χ2n) is 32.8. The fourth-order valence-corrected chi connectivity index (χ4v) is 15.8. The number of Topliss-reactive ketones (excluding diaryl/α,β-unsaturated/α-hetero) is 6. The van der Waals surface area contributed by atoms with Gasteiger partial charge < -0.3 is 115 Å². The maximum absolute atomic E-state index is 13.6. The largest absolute Gasteiger partial charge is 0.548 e. The van der Waals surface area contributed by atoms with E-state index in [2.05, 4.69) is 41.5 Å². The van der Waals surface area contributed by atoms with Crippen LogP contribution in [0, 0.1) is 0 Å². The van der Waals surface area contributed by atoms with Crippen molar-refractivity contribution >= 4 is 123 Å². The predicted octanol–water partition coefficient (Wildman–Crippen LogP) is 0.928. The van der Waals surface area contributed by atoms with Crippen LogP contribution in [0.5, 0.6) is 0 Å². The summed E-state index contributed by atoms with van der Waals surface area (Å²) in [5.74, 6) is -10.6. The molecule has 6 rings (SSSR count). The Hall–Kier alpha value is -10.9. The monoisotopic (exact) mass is 1810 g/mol. The van der Waals surface area contributed by atoms with E-state index >= 15 is 0 Å². The average molecular weight is 1810 g/mol. The first-order valence-corrected chi connectivity index (χ1v) is 44.1. The number of ketones is 6. The van der Waals surface area contributed by atoms with Gasteiger partial charge in [-0.3, -0.25) is 72.8 Å². The third-order valence-electron chi connectivity index (χ3n) is 23.1. The van der Waals surface area contributed by atoms with Gasteiger partial charge in [0.15, 0.2) is 0 Å². The number of hydrogen-bond acceptors (Lipinski definition) is 36. The molecule has 3 heterocycles. The second-order valence-corrected chi connectivity index (χ2v) is 32.8. The Morgan fingerprint density at radius 1 is 0.357 bits per heavy atom. The van der Waals surface area contributed by atoms with E-state index in [1.165, 1.54) is 46.4 Å². The van der Waals surface area contributed by atoms with Gasteiger partial charge >= 0.3 is 29.8 Å². The van der Waals surface area contributed by atoms with E-state index in [4.69, 9.17) is 9.47 Å². The molecule has 1 aromatic heterocycles.